The number of fused-ring (bicyclic) bond motifs is 2. The van der Waals surface area contributed by atoms with Gasteiger partial charge in [0, 0.05) is 13.0 Å². The van der Waals surface area contributed by atoms with Gasteiger partial charge in [-0.15, -0.1) is 0 Å². The molecule has 0 radical (unpaired) electrons. The Morgan fingerprint density at radius 3 is 2.33 bits per heavy atom. The first kappa shape index (κ1) is 21.1. The first-order valence-electron chi connectivity index (χ1n) is 11.4. The Balaban J connectivity index is 1.31. The molecular weight excluding hydrogens is 342 g/mol. The van der Waals surface area contributed by atoms with Gasteiger partial charge in [0.1, 0.15) is 0 Å². The second-order valence-electron chi connectivity index (χ2n) is 9.07. The van der Waals surface area contributed by atoms with Gasteiger partial charge in [-0.25, -0.2) is 0 Å². The molecule has 1 saturated carbocycles. The number of rotatable bonds is 13. The van der Waals surface area contributed by atoms with E-state index < -0.39 is 5.97 Å². The Hall–Kier alpha value is -0.650. The number of aliphatic carboxylic acids is 1. The summed E-state index contributed by atoms with van der Waals surface area (Å²) in [4.78, 5) is 10.6. The Kier molecular flexibility index (Phi) is 8.41. The van der Waals surface area contributed by atoms with E-state index >= 15 is 0 Å². The minimum atomic E-state index is -0.679. The zero-order valence-corrected chi connectivity index (χ0v) is 16.8. The fourth-order valence-corrected chi connectivity index (χ4v) is 5.71. The molecule has 3 rings (SSSR count). The molecule has 3 fully saturated rings. The van der Waals surface area contributed by atoms with E-state index in [0.717, 1.165) is 38.8 Å². The van der Waals surface area contributed by atoms with Gasteiger partial charge in [0.05, 0.1) is 18.3 Å². The SMILES string of the molecule is O=C(O)CCCCCC[C@@H]1[C@@H](CCNCC(O)C2CCCC2)[C@H]2CC[C@@H]1O2. The molecule has 2 saturated heterocycles. The highest BCUT2D eigenvalue weighted by Crippen LogP contribution is 2.47. The van der Waals surface area contributed by atoms with E-state index in [1.165, 1.54) is 51.4 Å². The molecule has 1 unspecified atom stereocenters. The van der Waals surface area contributed by atoms with Gasteiger partial charge in [0.15, 0.2) is 0 Å². The van der Waals surface area contributed by atoms with Crippen molar-refractivity contribution in [1.82, 2.24) is 5.32 Å². The van der Waals surface area contributed by atoms with Crippen molar-refractivity contribution in [2.45, 2.75) is 102 Å². The molecule has 2 bridgehead atoms. The highest BCUT2D eigenvalue weighted by Gasteiger charge is 2.47. The zero-order chi connectivity index (χ0) is 19.1. The third kappa shape index (κ3) is 6.16. The largest absolute Gasteiger partial charge is 0.481 e. The van der Waals surface area contributed by atoms with E-state index in [4.69, 9.17) is 9.84 Å². The third-order valence-corrected chi connectivity index (χ3v) is 7.22. The second kappa shape index (κ2) is 10.8. The zero-order valence-electron chi connectivity index (χ0n) is 16.8. The fraction of sp³-hybridized carbons (Fsp3) is 0.955. The summed E-state index contributed by atoms with van der Waals surface area (Å²) in [5.74, 6) is 1.18. The normalized spacial score (nSPS) is 31.6. The van der Waals surface area contributed by atoms with Crippen LogP contribution in [0.4, 0.5) is 0 Å². The lowest BCUT2D eigenvalue weighted by Gasteiger charge is -2.28. The maximum Gasteiger partial charge on any atom is 0.303 e. The molecule has 5 nitrogen and oxygen atoms in total. The van der Waals surface area contributed by atoms with E-state index in [0.29, 0.717) is 36.4 Å². The van der Waals surface area contributed by atoms with Crippen LogP contribution in [0.2, 0.25) is 0 Å². The fourth-order valence-electron chi connectivity index (χ4n) is 5.71. The molecule has 156 valence electrons. The van der Waals surface area contributed by atoms with Crippen molar-refractivity contribution >= 4 is 5.97 Å². The minimum Gasteiger partial charge on any atom is -0.481 e. The first-order chi connectivity index (χ1) is 13.1. The van der Waals surface area contributed by atoms with Crippen LogP contribution in [0.15, 0.2) is 0 Å². The van der Waals surface area contributed by atoms with Gasteiger partial charge in [-0.3, -0.25) is 4.79 Å². The van der Waals surface area contributed by atoms with Gasteiger partial charge < -0.3 is 20.3 Å². The molecule has 1 aliphatic carbocycles. The van der Waals surface area contributed by atoms with Crippen molar-refractivity contribution in [3.8, 4) is 0 Å². The van der Waals surface area contributed by atoms with Crippen LogP contribution in [0.3, 0.4) is 0 Å². The molecule has 3 aliphatic rings. The number of ether oxygens (including phenoxy) is 1. The Labute approximate surface area is 164 Å². The van der Waals surface area contributed by atoms with E-state index in [-0.39, 0.29) is 6.10 Å². The minimum absolute atomic E-state index is 0.176. The number of carboxylic acid groups (broad SMARTS) is 1. The number of unbranched alkanes of at least 4 members (excludes halogenated alkanes) is 3. The number of carboxylic acids is 1. The van der Waals surface area contributed by atoms with Crippen LogP contribution in [-0.4, -0.2) is 47.6 Å². The van der Waals surface area contributed by atoms with Gasteiger partial charge in [0.2, 0.25) is 0 Å². The van der Waals surface area contributed by atoms with Crippen LogP contribution in [0.5, 0.6) is 0 Å². The van der Waals surface area contributed by atoms with Gasteiger partial charge in [-0.2, -0.15) is 0 Å². The molecule has 0 aromatic carbocycles. The summed E-state index contributed by atoms with van der Waals surface area (Å²) >= 11 is 0. The standard InChI is InChI=1S/C22H39NO4/c24-19(16-7-5-6-8-16)15-23-14-13-18-17(20-11-12-21(18)27-20)9-3-1-2-4-10-22(25)26/h16-21,23-24H,1-15H2,(H,25,26)/t17-,18-,19?,20+,21-/m1/s1. The van der Waals surface area contributed by atoms with E-state index in [1.54, 1.807) is 0 Å². The van der Waals surface area contributed by atoms with Gasteiger partial charge in [0.25, 0.3) is 0 Å². The molecule has 0 amide bonds. The Morgan fingerprint density at radius 1 is 0.963 bits per heavy atom. The maximum atomic E-state index is 10.6. The summed E-state index contributed by atoms with van der Waals surface area (Å²) in [6.07, 6.45) is 15.0. The van der Waals surface area contributed by atoms with Crippen molar-refractivity contribution in [1.29, 1.82) is 0 Å². The number of aliphatic hydroxyl groups excluding tert-OH is 1. The summed E-state index contributed by atoms with van der Waals surface area (Å²) in [6, 6.07) is 0. The third-order valence-electron chi connectivity index (χ3n) is 7.22. The number of hydrogen-bond acceptors (Lipinski definition) is 4. The number of nitrogens with one attached hydrogen (secondary N) is 1. The van der Waals surface area contributed by atoms with Crippen molar-refractivity contribution in [3.05, 3.63) is 0 Å². The number of aliphatic hydroxyl groups is 1. The number of hydrogen-bond donors (Lipinski definition) is 3. The highest BCUT2D eigenvalue weighted by atomic mass is 16.5. The molecular formula is C22H39NO4. The molecule has 0 aromatic rings. The van der Waals surface area contributed by atoms with Gasteiger partial charge in [-0.05, 0) is 69.2 Å². The molecule has 3 N–H and O–H groups in total. The summed E-state index contributed by atoms with van der Waals surface area (Å²) < 4.78 is 6.21. The molecule has 5 heteroatoms. The summed E-state index contributed by atoms with van der Waals surface area (Å²) in [7, 11) is 0. The maximum absolute atomic E-state index is 10.6. The quantitative estimate of drug-likeness (QED) is 0.424. The predicted octanol–water partition coefficient (Wildman–Crippen LogP) is 3.74. The van der Waals surface area contributed by atoms with Crippen molar-refractivity contribution in [3.63, 3.8) is 0 Å². The predicted molar refractivity (Wildman–Crippen MR) is 106 cm³/mol. The molecule has 27 heavy (non-hydrogen) atoms. The molecule has 5 atom stereocenters. The van der Waals surface area contributed by atoms with Gasteiger partial charge in [-0.1, -0.05) is 32.1 Å². The molecule has 2 aliphatic heterocycles. The smallest absolute Gasteiger partial charge is 0.303 e. The second-order valence-corrected chi connectivity index (χ2v) is 9.07. The van der Waals surface area contributed by atoms with E-state index in [1.807, 2.05) is 0 Å². The topological polar surface area (TPSA) is 78.8 Å². The van der Waals surface area contributed by atoms with Crippen LogP contribution < -0.4 is 5.32 Å². The molecule has 0 aromatic heterocycles. The summed E-state index contributed by atoms with van der Waals surface area (Å²) in [5, 5.41) is 22.5. The average molecular weight is 382 g/mol. The highest BCUT2D eigenvalue weighted by molar-refractivity contribution is 5.66. The van der Waals surface area contributed by atoms with Crippen LogP contribution >= 0.6 is 0 Å². The van der Waals surface area contributed by atoms with Crippen molar-refractivity contribution < 1.29 is 19.7 Å². The van der Waals surface area contributed by atoms with E-state index in [9.17, 15) is 9.90 Å². The van der Waals surface area contributed by atoms with Gasteiger partial charge >= 0.3 is 5.97 Å². The molecule has 0 spiro atoms. The Bertz CT molecular complexity index is 452. The van der Waals surface area contributed by atoms with Crippen molar-refractivity contribution in [2.24, 2.45) is 17.8 Å². The monoisotopic (exact) mass is 381 g/mol. The average Bonchev–Trinajstić information content (AvgIpc) is 3.39. The first-order valence-corrected chi connectivity index (χ1v) is 11.4. The van der Waals surface area contributed by atoms with Crippen molar-refractivity contribution in [2.75, 3.05) is 13.1 Å². The lowest BCUT2D eigenvalue weighted by atomic mass is 9.75. The van der Waals surface area contributed by atoms with Crippen LogP contribution in [0.25, 0.3) is 0 Å². The number of carbonyl (C=O) groups is 1. The lowest BCUT2D eigenvalue weighted by Crippen LogP contribution is -2.35. The lowest BCUT2D eigenvalue weighted by molar-refractivity contribution is -0.137. The van der Waals surface area contributed by atoms with Crippen LogP contribution in [0.1, 0.15) is 83.5 Å². The van der Waals surface area contributed by atoms with Crippen LogP contribution in [0, 0.1) is 17.8 Å². The van der Waals surface area contributed by atoms with Crippen LogP contribution in [-0.2, 0) is 9.53 Å². The molecule has 2 heterocycles. The Morgan fingerprint density at radius 2 is 1.63 bits per heavy atom. The van der Waals surface area contributed by atoms with E-state index in [2.05, 4.69) is 5.32 Å². The summed E-state index contributed by atoms with van der Waals surface area (Å²) in [5.41, 5.74) is 0. The summed E-state index contributed by atoms with van der Waals surface area (Å²) in [6.45, 7) is 1.72.